The number of piperidine rings is 1. The van der Waals surface area contributed by atoms with Gasteiger partial charge < -0.3 is 9.64 Å². The summed E-state index contributed by atoms with van der Waals surface area (Å²) in [4.78, 5) is 27.5. The minimum Gasteiger partial charge on any atom is -0.444 e. The quantitative estimate of drug-likeness (QED) is 0.769. The number of hydrogen-bond acceptors (Lipinski definition) is 4. The van der Waals surface area contributed by atoms with E-state index in [-0.39, 0.29) is 29.9 Å². The Kier molecular flexibility index (Phi) is 4.41. The normalized spacial score (nSPS) is 26.0. The van der Waals surface area contributed by atoms with Crippen molar-refractivity contribution in [2.24, 2.45) is 13.0 Å². The molecular formula is C19H29N3O3. The monoisotopic (exact) mass is 347 g/mol. The average Bonchev–Trinajstić information content (AvgIpc) is 2.89. The number of carbonyl (C=O) groups excluding carboxylic acids is 2. The van der Waals surface area contributed by atoms with Crippen LogP contribution in [0.3, 0.4) is 0 Å². The summed E-state index contributed by atoms with van der Waals surface area (Å²) in [5.74, 6) is 0.154. The van der Waals surface area contributed by atoms with Crippen LogP contribution in [-0.2, 0) is 11.8 Å². The number of rotatable bonds is 2. The molecule has 3 rings (SSSR count). The standard InChI is InChI=1S/C19H29N3O3/c1-11-16(12(2)21(6)20-11)17(23)13-9-14-7-8-15(10-13)22(14)18(24)25-19(3,4)5/h13-15H,7-10H2,1-6H3. The topological polar surface area (TPSA) is 64.4 Å². The van der Waals surface area contributed by atoms with E-state index in [1.807, 2.05) is 46.6 Å². The van der Waals surface area contributed by atoms with Gasteiger partial charge >= 0.3 is 6.09 Å². The highest BCUT2D eigenvalue weighted by Gasteiger charge is 2.47. The van der Waals surface area contributed by atoms with E-state index in [2.05, 4.69) is 5.10 Å². The van der Waals surface area contributed by atoms with Crippen LogP contribution in [0.4, 0.5) is 4.79 Å². The van der Waals surface area contributed by atoms with Gasteiger partial charge in [-0.25, -0.2) is 4.79 Å². The van der Waals surface area contributed by atoms with Crippen LogP contribution in [0.15, 0.2) is 0 Å². The summed E-state index contributed by atoms with van der Waals surface area (Å²) in [6.45, 7) is 9.49. The predicted molar refractivity (Wildman–Crippen MR) is 94.6 cm³/mol. The van der Waals surface area contributed by atoms with E-state index in [0.717, 1.165) is 42.6 Å². The van der Waals surface area contributed by atoms with Crippen molar-refractivity contribution in [1.82, 2.24) is 14.7 Å². The number of aromatic nitrogens is 2. The van der Waals surface area contributed by atoms with Crippen molar-refractivity contribution < 1.29 is 14.3 Å². The summed E-state index contributed by atoms with van der Waals surface area (Å²) in [6, 6.07) is 0.222. The fraction of sp³-hybridized carbons (Fsp3) is 0.737. The van der Waals surface area contributed by atoms with Gasteiger partial charge in [-0.15, -0.1) is 0 Å². The van der Waals surface area contributed by atoms with E-state index >= 15 is 0 Å². The number of nitrogens with zero attached hydrogens (tertiary/aromatic N) is 3. The first-order chi connectivity index (χ1) is 11.6. The molecule has 0 aromatic carbocycles. The Morgan fingerprint density at radius 1 is 1.12 bits per heavy atom. The molecule has 2 unspecified atom stereocenters. The Bertz CT molecular complexity index is 688. The van der Waals surface area contributed by atoms with E-state index in [1.165, 1.54) is 0 Å². The van der Waals surface area contributed by atoms with Crippen LogP contribution in [0.25, 0.3) is 0 Å². The zero-order valence-electron chi connectivity index (χ0n) is 16.1. The van der Waals surface area contributed by atoms with Crippen molar-refractivity contribution in [3.05, 3.63) is 17.0 Å². The summed E-state index contributed by atoms with van der Waals surface area (Å²) in [5, 5.41) is 4.37. The molecule has 2 bridgehead atoms. The second-order valence-corrected chi connectivity index (χ2v) is 8.47. The van der Waals surface area contributed by atoms with Gasteiger partial charge in [0.2, 0.25) is 0 Å². The van der Waals surface area contributed by atoms with Gasteiger partial charge in [0.25, 0.3) is 0 Å². The Morgan fingerprint density at radius 2 is 1.68 bits per heavy atom. The lowest BCUT2D eigenvalue weighted by Gasteiger charge is -2.39. The number of aryl methyl sites for hydroxylation is 2. The zero-order valence-corrected chi connectivity index (χ0v) is 16.1. The van der Waals surface area contributed by atoms with Crippen LogP contribution in [0.2, 0.25) is 0 Å². The van der Waals surface area contributed by atoms with Crippen molar-refractivity contribution in [1.29, 1.82) is 0 Å². The number of ether oxygens (including phenoxy) is 1. The highest BCUT2D eigenvalue weighted by atomic mass is 16.6. The van der Waals surface area contributed by atoms with Crippen molar-refractivity contribution >= 4 is 11.9 Å². The third-order valence-electron chi connectivity index (χ3n) is 5.46. The first-order valence-electron chi connectivity index (χ1n) is 9.14. The van der Waals surface area contributed by atoms with Crippen molar-refractivity contribution in [2.45, 2.75) is 78.0 Å². The number of fused-ring (bicyclic) bond motifs is 2. The average molecular weight is 347 g/mol. The molecule has 2 aliphatic heterocycles. The summed E-state index contributed by atoms with van der Waals surface area (Å²) in [7, 11) is 1.87. The SMILES string of the molecule is Cc1nn(C)c(C)c1C(=O)C1CC2CCC(C1)N2C(=O)OC(C)(C)C. The van der Waals surface area contributed by atoms with Crippen LogP contribution in [0.1, 0.15) is 68.2 Å². The second-order valence-electron chi connectivity index (χ2n) is 8.47. The summed E-state index contributed by atoms with van der Waals surface area (Å²) in [5.41, 5.74) is 1.99. The lowest BCUT2D eigenvalue weighted by Crippen LogP contribution is -2.49. The summed E-state index contributed by atoms with van der Waals surface area (Å²) < 4.78 is 7.34. The summed E-state index contributed by atoms with van der Waals surface area (Å²) in [6.07, 6.45) is 3.13. The van der Waals surface area contributed by atoms with Crippen LogP contribution >= 0.6 is 0 Å². The number of carbonyl (C=O) groups is 2. The van der Waals surface area contributed by atoms with E-state index in [1.54, 1.807) is 4.68 Å². The van der Waals surface area contributed by atoms with E-state index in [0.29, 0.717) is 0 Å². The fourth-order valence-electron chi connectivity index (χ4n) is 4.34. The van der Waals surface area contributed by atoms with Crippen LogP contribution in [-0.4, -0.2) is 44.2 Å². The number of hydrogen-bond donors (Lipinski definition) is 0. The maximum atomic E-state index is 13.1. The smallest absolute Gasteiger partial charge is 0.410 e. The predicted octanol–water partition coefficient (Wildman–Crippen LogP) is 3.40. The van der Waals surface area contributed by atoms with Crippen LogP contribution in [0, 0.1) is 19.8 Å². The number of ketones is 1. The molecule has 1 amide bonds. The van der Waals surface area contributed by atoms with Gasteiger partial charge in [-0.05, 0) is 60.3 Å². The van der Waals surface area contributed by atoms with E-state index in [9.17, 15) is 9.59 Å². The summed E-state index contributed by atoms with van der Waals surface area (Å²) >= 11 is 0. The first-order valence-corrected chi connectivity index (χ1v) is 9.14. The molecule has 0 saturated carbocycles. The van der Waals surface area contributed by atoms with Gasteiger partial charge in [-0.3, -0.25) is 9.48 Å². The molecule has 6 nitrogen and oxygen atoms in total. The van der Waals surface area contributed by atoms with E-state index in [4.69, 9.17) is 4.74 Å². The Hall–Kier alpha value is -1.85. The van der Waals surface area contributed by atoms with Gasteiger partial charge in [-0.1, -0.05) is 0 Å². The molecule has 6 heteroatoms. The molecule has 0 spiro atoms. The highest BCUT2D eigenvalue weighted by Crippen LogP contribution is 2.41. The molecule has 25 heavy (non-hydrogen) atoms. The van der Waals surface area contributed by atoms with Gasteiger partial charge in [0.1, 0.15) is 5.60 Å². The van der Waals surface area contributed by atoms with Crippen molar-refractivity contribution in [2.75, 3.05) is 0 Å². The molecule has 2 atom stereocenters. The molecule has 0 aliphatic carbocycles. The maximum Gasteiger partial charge on any atom is 0.410 e. The Labute approximate surface area is 149 Å². The highest BCUT2D eigenvalue weighted by molar-refractivity contribution is 6.00. The molecule has 2 saturated heterocycles. The van der Waals surface area contributed by atoms with Gasteiger partial charge in [0, 0.05) is 30.7 Å². The Balaban J connectivity index is 1.76. The van der Waals surface area contributed by atoms with Gasteiger partial charge in [-0.2, -0.15) is 5.10 Å². The maximum absolute atomic E-state index is 13.1. The molecule has 1 aromatic heterocycles. The van der Waals surface area contributed by atoms with Crippen LogP contribution in [0.5, 0.6) is 0 Å². The zero-order chi connectivity index (χ0) is 18.5. The molecule has 138 valence electrons. The number of amides is 1. The number of Topliss-reactive ketones (excluding diaryl/α,β-unsaturated/α-hetero) is 1. The lowest BCUT2D eigenvalue weighted by molar-refractivity contribution is 0.00252. The van der Waals surface area contributed by atoms with Crippen LogP contribution < -0.4 is 0 Å². The first kappa shape index (κ1) is 18.0. The van der Waals surface area contributed by atoms with Crippen molar-refractivity contribution in [3.8, 4) is 0 Å². The largest absolute Gasteiger partial charge is 0.444 e. The molecule has 3 heterocycles. The molecule has 2 fully saturated rings. The third-order valence-corrected chi connectivity index (χ3v) is 5.46. The third kappa shape index (κ3) is 3.31. The molecule has 0 N–H and O–H groups in total. The van der Waals surface area contributed by atoms with Crippen molar-refractivity contribution in [3.63, 3.8) is 0 Å². The molecule has 2 aliphatic rings. The molecule has 0 radical (unpaired) electrons. The minimum atomic E-state index is -0.493. The van der Waals surface area contributed by atoms with Gasteiger partial charge in [0.15, 0.2) is 5.78 Å². The molecule has 1 aromatic rings. The second kappa shape index (κ2) is 6.15. The molecular weight excluding hydrogens is 318 g/mol. The minimum absolute atomic E-state index is 0.0298. The fourth-order valence-corrected chi connectivity index (χ4v) is 4.34. The van der Waals surface area contributed by atoms with E-state index < -0.39 is 5.60 Å². The van der Waals surface area contributed by atoms with Gasteiger partial charge in [0.05, 0.1) is 11.3 Å². The Morgan fingerprint density at radius 3 is 2.12 bits per heavy atom. The lowest BCUT2D eigenvalue weighted by atomic mass is 9.84.